The van der Waals surface area contributed by atoms with Crippen molar-refractivity contribution in [3.05, 3.63) is 144 Å². The molecule has 0 radical (unpaired) electrons. The third-order valence-electron chi connectivity index (χ3n) is 3.10. The first-order chi connectivity index (χ1) is 13.6. The number of nitrogens with one attached hydrogen (secondary N) is 4. The zero-order chi connectivity index (χ0) is 20.5. The summed E-state index contributed by atoms with van der Waals surface area (Å²) in [4.78, 5) is 0. The summed E-state index contributed by atoms with van der Waals surface area (Å²) in [7, 11) is 0. The molecule has 0 unspecified atom stereocenters. The summed E-state index contributed by atoms with van der Waals surface area (Å²) >= 11 is 0. The van der Waals surface area contributed by atoms with Gasteiger partial charge in [-0.2, -0.15) is 0 Å². The molecule has 0 fully saturated rings. The molecule has 0 heterocycles. The SMILES string of the molecule is [NH-]c1ccccc1.[NH-]c1ccccc1.[NH-]c1ccccc1.[NH-]c1ccccc1.[Ti+4]. The third kappa shape index (κ3) is 15.5. The van der Waals surface area contributed by atoms with Crippen molar-refractivity contribution < 1.29 is 21.7 Å². The predicted octanol–water partition coefficient (Wildman–Crippen LogP) is 9.48. The quantitative estimate of drug-likeness (QED) is 0.255. The van der Waals surface area contributed by atoms with Gasteiger partial charge in [-0.05, 0) is 0 Å². The average molecular weight is 416 g/mol. The Morgan fingerprint density at radius 1 is 0.276 bits per heavy atom. The first-order valence-corrected chi connectivity index (χ1v) is 8.64. The molecule has 4 N–H and O–H groups in total. The first-order valence-electron chi connectivity index (χ1n) is 8.64. The van der Waals surface area contributed by atoms with Gasteiger partial charge in [0.2, 0.25) is 0 Å². The van der Waals surface area contributed by atoms with E-state index in [9.17, 15) is 0 Å². The second-order valence-corrected chi connectivity index (χ2v) is 5.46. The minimum absolute atomic E-state index is 0. The minimum Gasteiger partial charge on any atom is -0.699 e. The van der Waals surface area contributed by atoms with E-state index < -0.39 is 0 Å². The van der Waals surface area contributed by atoms with Gasteiger partial charge in [0.1, 0.15) is 0 Å². The van der Waals surface area contributed by atoms with Gasteiger partial charge in [0.05, 0.1) is 0 Å². The van der Waals surface area contributed by atoms with Gasteiger partial charge in [0, 0.05) is 0 Å². The average Bonchev–Trinajstić information content (AvgIpc) is 2.72. The van der Waals surface area contributed by atoms with Crippen LogP contribution >= 0.6 is 0 Å². The Balaban J connectivity index is 0.000000356. The zero-order valence-corrected chi connectivity index (χ0v) is 17.6. The molecule has 0 amide bonds. The van der Waals surface area contributed by atoms with Gasteiger partial charge >= 0.3 is 21.7 Å². The molecule has 144 valence electrons. The van der Waals surface area contributed by atoms with Gasteiger partial charge in [0.15, 0.2) is 0 Å². The fourth-order valence-electron chi connectivity index (χ4n) is 1.75. The maximum atomic E-state index is 7.00. The van der Waals surface area contributed by atoms with E-state index in [4.69, 9.17) is 22.9 Å². The molecule has 0 aliphatic carbocycles. The fraction of sp³-hybridized carbons (Fsp3) is 0. The van der Waals surface area contributed by atoms with Gasteiger partial charge in [-0.25, -0.2) is 0 Å². The van der Waals surface area contributed by atoms with Gasteiger partial charge < -0.3 is 22.9 Å². The summed E-state index contributed by atoms with van der Waals surface area (Å²) in [5, 5.41) is 0. The molecule has 4 rings (SSSR count). The monoisotopic (exact) mass is 416 g/mol. The number of benzene rings is 4. The molecule has 0 spiro atoms. The number of rotatable bonds is 0. The van der Waals surface area contributed by atoms with Crippen LogP contribution in [0.5, 0.6) is 0 Å². The van der Waals surface area contributed by atoms with Crippen LogP contribution in [0.3, 0.4) is 0 Å². The van der Waals surface area contributed by atoms with Crippen LogP contribution in [0.25, 0.3) is 22.9 Å². The molecule has 0 saturated heterocycles. The van der Waals surface area contributed by atoms with E-state index in [0.717, 1.165) is 0 Å². The molecule has 0 aliphatic rings. The summed E-state index contributed by atoms with van der Waals surface area (Å²) in [6, 6.07) is 36.4. The summed E-state index contributed by atoms with van der Waals surface area (Å²) in [6.07, 6.45) is 0. The minimum atomic E-state index is 0. The van der Waals surface area contributed by atoms with E-state index in [1.54, 1.807) is 48.5 Å². The Labute approximate surface area is 188 Å². The van der Waals surface area contributed by atoms with Gasteiger partial charge in [0.25, 0.3) is 0 Å². The molecule has 0 aromatic heterocycles. The molecule has 0 saturated carbocycles. The van der Waals surface area contributed by atoms with Crippen molar-refractivity contribution >= 4 is 22.7 Å². The molecule has 0 bridgehead atoms. The van der Waals surface area contributed by atoms with Crippen molar-refractivity contribution in [2.24, 2.45) is 0 Å². The molecular formula is C24H24N4Ti. The van der Waals surface area contributed by atoms with Crippen molar-refractivity contribution in [1.29, 1.82) is 0 Å². The second kappa shape index (κ2) is 16.9. The summed E-state index contributed by atoms with van der Waals surface area (Å²) in [6.45, 7) is 0. The van der Waals surface area contributed by atoms with Gasteiger partial charge in [-0.3, -0.25) is 0 Å². The van der Waals surface area contributed by atoms with E-state index in [-0.39, 0.29) is 21.7 Å². The van der Waals surface area contributed by atoms with Crippen LogP contribution in [0.15, 0.2) is 121 Å². The fourth-order valence-corrected chi connectivity index (χ4v) is 1.75. The van der Waals surface area contributed by atoms with E-state index in [1.807, 2.05) is 72.8 Å². The normalized spacial score (nSPS) is 8.28. The van der Waals surface area contributed by atoms with Crippen molar-refractivity contribution in [3.8, 4) is 0 Å². The summed E-state index contributed by atoms with van der Waals surface area (Å²) in [5.41, 5.74) is 30.3. The Morgan fingerprint density at radius 3 is 0.483 bits per heavy atom. The molecule has 29 heavy (non-hydrogen) atoms. The Kier molecular flexibility index (Phi) is 15.1. The van der Waals surface area contributed by atoms with E-state index in [2.05, 4.69) is 0 Å². The topological polar surface area (TPSA) is 95.2 Å². The molecule has 4 nitrogen and oxygen atoms in total. The van der Waals surface area contributed by atoms with Crippen LogP contribution in [0.4, 0.5) is 22.7 Å². The molecular weight excluding hydrogens is 392 g/mol. The van der Waals surface area contributed by atoms with Crippen LogP contribution < -0.4 is 0 Å². The van der Waals surface area contributed by atoms with Crippen LogP contribution in [-0.4, -0.2) is 0 Å². The Bertz CT molecular complexity index is 693. The van der Waals surface area contributed by atoms with E-state index in [1.165, 1.54) is 0 Å². The summed E-state index contributed by atoms with van der Waals surface area (Å²) in [5.74, 6) is 0. The van der Waals surface area contributed by atoms with Crippen LogP contribution in [0.1, 0.15) is 0 Å². The van der Waals surface area contributed by atoms with Gasteiger partial charge in [-0.15, -0.1) is 22.7 Å². The predicted molar refractivity (Wildman–Crippen MR) is 122 cm³/mol. The largest absolute Gasteiger partial charge is 4.00 e. The van der Waals surface area contributed by atoms with Crippen LogP contribution in [-0.2, 0) is 21.7 Å². The number of hydrogen-bond acceptors (Lipinski definition) is 0. The standard InChI is InChI=1S/4C6H6N.Ti/c4*7-6-4-2-1-3-5-6;/h4*1-5,7H;/q4*-1;+4. The molecule has 4 aromatic carbocycles. The molecule has 0 atom stereocenters. The molecule has 4 aromatic rings. The molecule has 5 heteroatoms. The first kappa shape index (κ1) is 25.8. The Hall–Kier alpha value is -3.21. The van der Waals surface area contributed by atoms with Crippen molar-refractivity contribution in [3.63, 3.8) is 0 Å². The van der Waals surface area contributed by atoms with Crippen molar-refractivity contribution in [2.45, 2.75) is 0 Å². The zero-order valence-electron chi connectivity index (χ0n) is 16.0. The maximum absolute atomic E-state index is 7.00. The van der Waals surface area contributed by atoms with Gasteiger partial charge in [-0.1, -0.05) is 121 Å². The second-order valence-electron chi connectivity index (χ2n) is 5.46. The summed E-state index contributed by atoms with van der Waals surface area (Å²) < 4.78 is 0. The van der Waals surface area contributed by atoms with Crippen molar-refractivity contribution in [1.82, 2.24) is 0 Å². The molecule has 0 aliphatic heterocycles. The van der Waals surface area contributed by atoms with E-state index >= 15 is 0 Å². The third-order valence-corrected chi connectivity index (χ3v) is 3.10. The van der Waals surface area contributed by atoms with Crippen molar-refractivity contribution in [2.75, 3.05) is 0 Å². The smallest absolute Gasteiger partial charge is 0.699 e. The van der Waals surface area contributed by atoms with Crippen LogP contribution in [0.2, 0.25) is 0 Å². The van der Waals surface area contributed by atoms with E-state index in [0.29, 0.717) is 22.7 Å². The number of hydrogen-bond donors (Lipinski definition) is 0. The Morgan fingerprint density at radius 2 is 0.414 bits per heavy atom. The van der Waals surface area contributed by atoms with Crippen LogP contribution in [0, 0.1) is 0 Å². The maximum Gasteiger partial charge on any atom is 4.00 e.